The highest BCUT2D eigenvalue weighted by Crippen LogP contribution is 2.20. The lowest BCUT2D eigenvalue weighted by molar-refractivity contribution is -0.384. The molecule has 6 heteroatoms. The molecule has 0 amide bonds. The number of hydrogen-bond acceptors (Lipinski definition) is 4. The Hall–Kier alpha value is -3.02. The largest absolute Gasteiger partial charge is 0.269 e. The van der Waals surface area contributed by atoms with Crippen LogP contribution in [-0.2, 0) is 6.42 Å². The average Bonchev–Trinajstić information content (AvgIpc) is 3.05. The predicted octanol–water partition coefficient (Wildman–Crippen LogP) is 3.40. The van der Waals surface area contributed by atoms with Gasteiger partial charge in [0.15, 0.2) is 0 Å². The molecule has 1 aromatic heterocycles. The van der Waals surface area contributed by atoms with Crippen molar-refractivity contribution in [1.82, 2.24) is 15.0 Å². The second-order valence-corrected chi connectivity index (χ2v) is 4.87. The van der Waals surface area contributed by atoms with E-state index in [0.29, 0.717) is 0 Å². The molecule has 22 heavy (non-hydrogen) atoms. The van der Waals surface area contributed by atoms with Gasteiger partial charge in [-0.15, -0.1) is 5.10 Å². The molecule has 0 fully saturated rings. The lowest BCUT2D eigenvalue weighted by atomic mass is 10.1. The third-order valence-corrected chi connectivity index (χ3v) is 3.48. The fraction of sp³-hybridized carbons (Fsp3) is 0.125. The molecule has 0 unspecified atom stereocenters. The fourth-order valence-electron chi connectivity index (χ4n) is 2.16. The summed E-state index contributed by atoms with van der Waals surface area (Å²) < 4.78 is 1.60. The van der Waals surface area contributed by atoms with E-state index >= 15 is 0 Å². The van der Waals surface area contributed by atoms with E-state index in [-0.39, 0.29) is 5.69 Å². The first-order valence-corrected chi connectivity index (χ1v) is 6.94. The summed E-state index contributed by atoms with van der Waals surface area (Å²) >= 11 is 0. The summed E-state index contributed by atoms with van der Waals surface area (Å²) in [6.45, 7) is 2.11. The second kappa shape index (κ2) is 5.77. The summed E-state index contributed by atoms with van der Waals surface area (Å²) in [5.41, 5.74) is 3.81. The van der Waals surface area contributed by atoms with Gasteiger partial charge in [-0.2, -0.15) is 0 Å². The Morgan fingerprint density at radius 2 is 1.77 bits per heavy atom. The molecule has 6 nitrogen and oxygen atoms in total. The first-order chi connectivity index (χ1) is 10.7. The van der Waals surface area contributed by atoms with Crippen molar-refractivity contribution in [1.29, 1.82) is 0 Å². The van der Waals surface area contributed by atoms with Gasteiger partial charge in [-0.1, -0.05) is 36.4 Å². The Morgan fingerprint density at radius 1 is 1.09 bits per heavy atom. The van der Waals surface area contributed by atoms with E-state index < -0.39 is 4.92 Å². The normalized spacial score (nSPS) is 10.6. The number of rotatable bonds is 4. The molecular weight excluding hydrogens is 280 g/mol. The first kappa shape index (κ1) is 13.9. The number of nitro groups is 1. The van der Waals surface area contributed by atoms with Crippen molar-refractivity contribution in [2.24, 2.45) is 0 Å². The maximum atomic E-state index is 10.7. The van der Waals surface area contributed by atoms with Gasteiger partial charge in [0.25, 0.3) is 5.69 Å². The molecule has 0 spiro atoms. The molecule has 0 aliphatic heterocycles. The van der Waals surface area contributed by atoms with Crippen LogP contribution in [0.1, 0.15) is 12.5 Å². The van der Waals surface area contributed by atoms with Crippen LogP contribution in [-0.4, -0.2) is 19.9 Å². The van der Waals surface area contributed by atoms with E-state index in [2.05, 4.69) is 29.4 Å². The lowest BCUT2D eigenvalue weighted by Gasteiger charge is -1.99. The molecule has 0 radical (unpaired) electrons. The van der Waals surface area contributed by atoms with Crippen LogP contribution in [0.2, 0.25) is 0 Å². The van der Waals surface area contributed by atoms with Gasteiger partial charge in [0.2, 0.25) is 0 Å². The molecule has 0 N–H and O–H groups in total. The first-order valence-electron chi connectivity index (χ1n) is 6.94. The van der Waals surface area contributed by atoms with Gasteiger partial charge in [0.05, 0.1) is 16.8 Å². The van der Waals surface area contributed by atoms with Crippen molar-refractivity contribution < 1.29 is 4.92 Å². The topological polar surface area (TPSA) is 73.8 Å². The molecule has 110 valence electrons. The van der Waals surface area contributed by atoms with Crippen molar-refractivity contribution in [2.75, 3.05) is 0 Å². The Kier molecular flexibility index (Phi) is 3.65. The Bertz CT molecular complexity index is 792. The summed E-state index contributed by atoms with van der Waals surface area (Å²) in [5.74, 6) is 0. The van der Waals surface area contributed by atoms with Gasteiger partial charge in [0.1, 0.15) is 5.69 Å². The molecule has 0 bridgehead atoms. The highest BCUT2D eigenvalue weighted by atomic mass is 16.6. The average molecular weight is 294 g/mol. The summed E-state index contributed by atoms with van der Waals surface area (Å²) in [5, 5.41) is 18.9. The maximum absolute atomic E-state index is 10.7. The van der Waals surface area contributed by atoms with Crippen LogP contribution < -0.4 is 0 Å². The monoisotopic (exact) mass is 294 g/mol. The lowest BCUT2D eigenvalue weighted by Crippen LogP contribution is -1.95. The highest BCUT2D eigenvalue weighted by molar-refractivity contribution is 5.58. The number of hydrogen-bond donors (Lipinski definition) is 0. The SMILES string of the molecule is CCc1ccc(-c2cn(-c3ccc([N+](=O)[O-])cc3)nn2)cc1. The van der Waals surface area contributed by atoms with E-state index in [1.807, 2.05) is 18.3 Å². The number of nitro benzene ring substituents is 1. The molecular formula is C16H14N4O2. The van der Waals surface area contributed by atoms with Gasteiger partial charge in [-0.3, -0.25) is 10.1 Å². The minimum atomic E-state index is -0.425. The third kappa shape index (κ3) is 2.71. The van der Waals surface area contributed by atoms with Crippen molar-refractivity contribution in [2.45, 2.75) is 13.3 Å². The molecule has 3 aromatic rings. The second-order valence-electron chi connectivity index (χ2n) is 4.87. The minimum absolute atomic E-state index is 0.0549. The number of non-ortho nitro benzene ring substituents is 1. The zero-order valence-electron chi connectivity index (χ0n) is 12.0. The molecule has 0 saturated carbocycles. The molecule has 2 aromatic carbocycles. The molecule has 0 aliphatic carbocycles. The standard InChI is InChI=1S/C16H14N4O2/c1-2-12-3-5-13(6-4-12)16-11-19(18-17-16)14-7-9-15(10-8-14)20(21)22/h3-11H,2H2,1H3. The van der Waals surface area contributed by atoms with Crippen molar-refractivity contribution >= 4 is 5.69 Å². The summed E-state index contributed by atoms with van der Waals surface area (Å²) in [6.07, 6.45) is 2.80. The van der Waals surface area contributed by atoms with Gasteiger partial charge in [-0.05, 0) is 24.1 Å². The van der Waals surface area contributed by atoms with Crippen LogP contribution in [0.25, 0.3) is 16.9 Å². The van der Waals surface area contributed by atoms with Crippen LogP contribution in [0.4, 0.5) is 5.69 Å². The van der Waals surface area contributed by atoms with Gasteiger partial charge in [0, 0.05) is 17.7 Å². The van der Waals surface area contributed by atoms with Crippen LogP contribution in [0.5, 0.6) is 0 Å². The Balaban J connectivity index is 1.87. The fourth-order valence-corrected chi connectivity index (χ4v) is 2.16. The van der Waals surface area contributed by atoms with E-state index in [1.165, 1.54) is 17.7 Å². The minimum Gasteiger partial charge on any atom is -0.258 e. The molecule has 0 saturated heterocycles. The van der Waals surface area contributed by atoms with Gasteiger partial charge < -0.3 is 0 Å². The Labute approximate surface area is 127 Å². The zero-order valence-corrected chi connectivity index (χ0v) is 12.0. The zero-order chi connectivity index (χ0) is 15.5. The van der Waals surface area contributed by atoms with Crippen LogP contribution in [0, 0.1) is 10.1 Å². The smallest absolute Gasteiger partial charge is 0.258 e. The van der Waals surface area contributed by atoms with Crippen molar-refractivity contribution in [3.63, 3.8) is 0 Å². The van der Waals surface area contributed by atoms with Crippen LogP contribution in [0.3, 0.4) is 0 Å². The summed E-state index contributed by atoms with van der Waals surface area (Å²) in [4.78, 5) is 10.2. The van der Waals surface area contributed by atoms with Crippen molar-refractivity contribution in [3.05, 3.63) is 70.4 Å². The predicted molar refractivity (Wildman–Crippen MR) is 82.8 cm³/mol. The number of aryl methyl sites for hydroxylation is 1. The quantitative estimate of drug-likeness (QED) is 0.546. The molecule has 0 atom stereocenters. The van der Waals surface area contributed by atoms with Crippen LogP contribution in [0.15, 0.2) is 54.7 Å². The molecule has 1 heterocycles. The van der Waals surface area contributed by atoms with Gasteiger partial charge >= 0.3 is 0 Å². The molecule has 3 rings (SSSR count). The summed E-state index contributed by atoms with van der Waals surface area (Å²) in [7, 11) is 0. The maximum Gasteiger partial charge on any atom is 0.269 e. The third-order valence-electron chi connectivity index (χ3n) is 3.48. The number of aromatic nitrogens is 3. The number of benzene rings is 2. The van der Waals surface area contributed by atoms with E-state index in [4.69, 9.17) is 0 Å². The Morgan fingerprint density at radius 3 is 2.36 bits per heavy atom. The highest BCUT2D eigenvalue weighted by Gasteiger charge is 2.08. The van der Waals surface area contributed by atoms with E-state index in [9.17, 15) is 10.1 Å². The van der Waals surface area contributed by atoms with E-state index in [0.717, 1.165) is 23.4 Å². The summed E-state index contributed by atoms with van der Waals surface area (Å²) in [6, 6.07) is 14.4. The van der Waals surface area contributed by atoms with Gasteiger partial charge in [-0.25, -0.2) is 4.68 Å². The van der Waals surface area contributed by atoms with E-state index in [1.54, 1.807) is 16.8 Å². The van der Waals surface area contributed by atoms with Crippen LogP contribution >= 0.6 is 0 Å². The van der Waals surface area contributed by atoms with Crippen molar-refractivity contribution in [3.8, 4) is 16.9 Å². The molecule has 0 aliphatic rings. The number of nitrogens with zero attached hydrogens (tertiary/aromatic N) is 4.